The van der Waals surface area contributed by atoms with Gasteiger partial charge in [-0.25, -0.2) is 8.78 Å². The Balaban J connectivity index is 1.99. The molecule has 0 saturated carbocycles. The molecule has 3 rings (SSSR count). The zero-order valence-corrected chi connectivity index (χ0v) is 11.5. The van der Waals surface area contributed by atoms with Gasteiger partial charge in [-0.3, -0.25) is 0 Å². The lowest BCUT2D eigenvalue weighted by Crippen LogP contribution is -2.16. The van der Waals surface area contributed by atoms with E-state index in [9.17, 15) is 8.78 Å². The predicted octanol–water partition coefficient (Wildman–Crippen LogP) is 3.83. The zero-order valence-electron chi connectivity index (χ0n) is 9.96. The van der Waals surface area contributed by atoms with Crippen LogP contribution in [0.2, 0.25) is 0 Å². The highest BCUT2D eigenvalue weighted by molar-refractivity contribution is 9.10. The minimum absolute atomic E-state index is 0.385. The zero-order chi connectivity index (χ0) is 13.6. The van der Waals surface area contributed by atoms with E-state index in [-0.39, 0.29) is 0 Å². The van der Waals surface area contributed by atoms with Crippen LogP contribution in [0, 0.1) is 11.6 Å². The molecule has 5 heteroatoms. The molecule has 2 nitrogen and oxygen atoms in total. The lowest BCUT2D eigenvalue weighted by molar-refractivity contribution is 0.577. The van der Waals surface area contributed by atoms with Crippen LogP contribution in [0.3, 0.4) is 0 Å². The van der Waals surface area contributed by atoms with Crippen molar-refractivity contribution in [1.82, 2.24) is 0 Å². The number of hydrogen-bond acceptors (Lipinski definition) is 2. The number of benzene rings is 2. The molecular formula is C14H11BrF2N2. The Labute approximate surface area is 118 Å². The van der Waals surface area contributed by atoms with Crippen molar-refractivity contribution in [3.8, 4) is 0 Å². The second kappa shape index (κ2) is 4.49. The summed E-state index contributed by atoms with van der Waals surface area (Å²) in [5.74, 6) is -1.15. The summed E-state index contributed by atoms with van der Waals surface area (Å²) in [5.41, 5.74) is 9.02. The molecule has 0 spiro atoms. The number of nitrogens with zero attached hydrogens (tertiary/aromatic N) is 1. The van der Waals surface area contributed by atoms with Crippen LogP contribution in [0.4, 0.5) is 20.2 Å². The van der Waals surface area contributed by atoms with Gasteiger partial charge in [-0.2, -0.15) is 0 Å². The van der Waals surface area contributed by atoms with Crippen LogP contribution < -0.4 is 10.6 Å². The SMILES string of the molecule is Nc1ccc2c(c1)CN(c1c(F)cc(F)cc1Br)C2. The third-order valence-corrected chi connectivity index (χ3v) is 3.86. The van der Waals surface area contributed by atoms with Gasteiger partial charge < -0.3 is 10.6 Å². The lowest BCUT2D eigenvalue weighted by Gasteiger charge is -2.20. The lowest BCUT2D eigenvalue weighted by atomic mass is 10.1. The van der Waals surface area contributed by atoms with Gasteiger partial charge in [0.15, 0.2) is 5.82 Å². The smallest absolute Gasteiger partial charge is 0.150 e. The average Bonchev–Trinajstić information content (AvgIpc) is 2.69. The molecule has 2 N–H and O–H groups in total. The monoisotopic (exact) mass is 324 g/mol. The number of nitrogens with two attached hydrogens (primary N) is 1. The first kappa shape index (κ1) is 12.4. The predicted molar refractivity (Wildman–Crippen MR) is 74.8 cm³/mol. The normalized spacial score (nSPS) is 13.7. The number of hydrogen-bond donors (Lipinski definition) is 1. The molecule has 2 aromatic rings. The van der Waals surface area contributed by atoms with Crippen molar-refractivity contribution in [2.45, 2.75) is 13.1 Å². The molecule has 0 bridgehead atoms. The minimum Gasteiger partial charge on any atom is -0.399 e. The van der Waals surface area contributed by atoms with Crippen LogP contribution in [0.1, 0.15) is 11.1 Å². The molecule has 1 aliphatic heterocycles. The van der Waals surface area contributed by atoms with Crippen LogP contribution in [0.25, 0.3) is 0 Å². The maximum absolute atomic E-state index is 13.9. The second-order valence-electron chi connectivity index (χ2n) is 4.60. The van der Waals surface area contributed by atoms with E-state index in [1.54, 1.807) is 0 Å². The third kappa shape index (κ3) is 2.18. The average molecular weight is 325 g/mol. The molecule has 1 aliphatic rings. The van der Waals surface area contributed by atoms with E-state index in [2.05, 4.69) is 15.9 Å². The number of rotatable bonds is 1. The van der Waals surface area contributed by atoms with Crippen molar-refractivity contribution in [2.24, 2.45) is 0 Å². The summed E-state index contributed by atoms with van der Waals surface area (Å²) in [5, 5.41) is 0. The van der Waals surface area contributed by atoms with Gasteiger partial charge in [0.1, 0.15) is 5.82 Å². The molecule has 0 atom stereocenters. The summed E-state index contributed by atoms with van der Waals surface area (Å²) in [6.45, 7) is 1.16. The van der Waals surface area contributed by atoms with Crippen molar-refractivity contribution >= 4 is 27.3 Å². The van der Waals surface area contributed by atoms with Gasteiger partial charge >= 0.3 is 0 Å². The summed E-state index contributed by atoms with van der Waals surface area (Å²) in [6.07, 6.45) is 0. The largest absolute Gasteiger partial charge is 0.399 e. The second-order valence-corrected chi connectivity index (χ2v) is 5.46. The fraction of sp³-hybridized carbons (Fsp3) is 0.143. The van der Waals surface area contributed by atoms with Crippen LogP contribution in [0.5, 0.6) is 0 Å². The van der Waals surface area contributed by atoms with E-state index in [0.717, 1.165) is 17.2 Å². The highest BCUT2D eigenvalue weighted by Crippen LogP contribution is 2.36. The van der Waals surface area contributed by atoms with Crippen LogP contribution in [-0.2, 0) is 13.1 Å². The van der Waals surface area contributed by atoms with E-state index in [1.165, 1.54) is 6.07 Å². The van der Waals surface area contributed by atoms with Crippen molar-refractivity contribution in [3.63, 3.8) is 0 Å². The summed E-state index contributed by atoms with van der Waals surface area (Å²) < 4.78 is 27.5. The van der Waals surface area contributed by atoms with Crippen LogP contribution >= 0.6 is 15.9 Å². The van der Waals surface area contributed by atoms with Gasteiger partial charge in [0, 0.05) is 29.3 Å². The van der Waals surface area contributed by atoms with Crippen LogP contribution in [0.15, 0.2) is 34.8 Å². The number of halogens is 3. The molecule has 0 radical (unpaired) electrons. The summed E-state index contributed by atoms with van der Waals surface area (Å²) in [4.78, 5) is 1.86. The van der Waals surface area contributed by atoms with Gasteiger partial charge in [0.05, 0.1) is 5.69 Å². The standard InChI is InChI=1S/C14H11BrF2N2/c15-12-4-10(16)5-13(17)14(12)19-6-8-1-2-11(18)3-9(8)7-19/h1-5H,6-7,18H2. The molecule has 2 aromatic carbocycles. The van der Waals surface area contributed by atoms with E-state index in [4.69, 9.17) is 5.73 Å². The highest BCUT2D eigenvalue weighted by atomic mass is 79.9. The van der Waals surface area contributed by atoms with Gasteiger partial charge in [-0.1, -0.05) is 6.07 Å². The van der Waals surface area contributed by atoms with Gasteiger partial charge in [-0.05, 0) is 45.3 Å². The topological polar surface area (TPSA) is 29.3 Å². The first-order valence-corrected chi connectivity index (χ1v) is 6.60. The molecule has 19 heavy (non-hydrogen) atoms. The fourth-order valence-corrected chi connectivity index (χ4v) is 3.07. The van der Waals surface area contributed by atoms with Crippen molar-refractivity contribution in [3.05, 3.63) is 57.6 Å². The van der Waals surface area contributed by atoms with E-state index in [1.807, 2.05) is 23.1 Å². The fourth-order valence-electron chi connectivity index (χ4n) is 2.41. The van der Waals surface area contributed by atoms with Crippen molar-refractivity contribution in [2.75, 3.05) is 10.6 Å². The molecule has 0 amide bonds. The summed E-state index contributed by atoms with van der Waals surface area (Å²) in [6, 6.07) is 7.84. The molecule has 0 unspecified atom stereocenters. The van der Waals surface area contributed by atoms with Crippen molar-refractivity contribution < 1.29 is 8.78 Å². The molecule has 0 aliphatic carbocycles. The Morgan fingerprint density at radius 3 is 2.53 bits per heavy atom. The Morgan fingerprint density at radius 1 is 1.05 bits per heavy atom. The number of fused-ring (bicyclic) bond motifs is 1. The highest BCUT2D eigenvalue weighted by Gasteiger charge is 2.24. The maximum atomic E-state index is 13.9. The van der Waals surface area contributed by atoms with E-state index in [0.29, 0.717) is 28.9 Å². The van der Waals surface area contributed by atoms with Crippen LogP contribution in [-0.4, -0.2) is 0 Å². The van der Waals surface area contributed by atoms with E-state index < -0.39 is 11.6 Å². The number of anilines is 2. The molecule has 0 aromatic heterocycles. The Bertz CT molecular complexity index is 635. The van der Waals surface area contributed by atoms with Gasteiger partial charge in [-0.15, -0.1) is 0 Å². The molecule has 1 heterocycles. The third-order valence-electron chi connectivity index (χ3n) is 3.25. The molecule has 98 valence electrons. The number of nitrogen functional groups attached to an aromatic ring is 1. The van der Waals surface area contributed by atoms with Gasteiger partial charge in [0.25, 0.3) is 0 Å². The quantitative estimate of drug-likeness (QED) is 0.808. The summed E-state index contributed by atoms with van der Waals surface area (Å²) in [7, 11) is 0. The first-order valence-electron chi connectivity index (χ1n) is 5.81. The minimum atomic E-state index is -0.589. The Morgan fingerprint density at radius 2 is 1.79 bits per heavy atom. The van der Waals surface area contributed by atoms with E-state index >= 15 is 0 Å². The Kier molecular flexibility index (Phi) is 2.93. The molecule has 0 saturated heterocycles. The van der Waals surface area contributed by atoms with Gasteiger partial charge in [0.2, 0.25) is 0 Å². The Hall–Kier alpha value is -1.62. The van der Waals surface area contributed by atoms with Crippen molar-refractivity contribution in [1.29, 1.82) is 0 Å². The maximum Gasteiger partial charge on any atom is 0.150 e. The molecular weight excluding hydrogens is 314 g/mol. The summed E-state index contributed by atoms with van der Waals surface area (Å²) >= 11 is 3.22. The molecule has 0 fully saturated rings. The first-order chi connectivity index (χ1) is 9.04.